The lowest BCUT2D eigenvalue weighted by atomic mass is 10.2. The van der Waals surface area contributed by atoms with Crippen LogP contribution in [-0.4, -0.2) is 5.97 Å². The van der Waals surface area contributed by atoms with E-state index < -0.39 is 5.97 Å². The quantitative estimate of drug-likeness (QED) is 0.730. The predicted octanol–water partition coefficient (Wildman–Crippen LogP) is 3.01. The molecule has 0 saturated heterocycles. The number of hydrogen-bond acceptors (Lipinski definition) is 3. The van der Waals surface area contributed by atoms with Gasteiger partial charge in [-0.1, -0.05) is 12.1 Å². The molecule has 4 heteroatoms. The second-order valence-corrected chi connectivity index (χ2v) is 3.19. The van der Waals surface area contributed by atoms with Crippen LogP contribution in [0.1, 0.15) is 6.92 Å². The minimum atomic E-state index is -0.477. The summed E-state index contributed by atoms with van der Waals surface area (Å²) in [5, 5.41) is 0. The van der Waals surface area contributed by atoms with Crippen LogP contribution in [0.5, 0.6) is 5.95 Å². The Bertz CT molecular complexity index is 516. The zero-order chi connectivity index (χ0) is 11.5. The topological polar surface area (TPSA) is 39.4 Å². The predicted molar refractivity (Wildman–Crippen MR) is 55.4 cm³/mol. The first-order chi connectivity index (χ1) is 7.66. The first-order valence-electron chi connectivity index (χ1n) is 4.70. The van der Waals surface area contributed by atoms with Gasteiger partial charge < -0.3 is 9.15 Å². The molecule has 0 amide bonds. The van der Waals surface area contributed by atoms with Crippen molar-refractivity contribution in [1.29, 1.82) is 0 Å². The highest BCUT2D eigenvalue weighted by molar-refractivity contribution is 5.69. The second kappa shape index (κ2) is 4.18. The summed E-state index contributed by atoms with van der Waals surface area (Å²) in [6.45, 7) is 1.27. The molecule has 0 aliphatic heterocycles. The van der Waals surface area contributed by atoms with Gasteiger partial charge in [0.1, 0.15) is 11.6 Å². The third-order valence-electron chi connectivity index (χ3n) is 1.96. The van der Waals surface area contributed by atoms with E-state index in [0.29, 0.717) is 11.3 Å². The van der Waals surface area contributed by atoms with Gasteiger partial charge in [0.05, 0.1) is 5.56 Å². The average Bonchev–Trinajstić information content (AvgIpc) is 2.66. The standard InChI is InChI=1S/C12H9FO3/c1-8(14)15-12-7-6-11(16-12)9-4-2-3-5-10(9)13/h2-7H,1H3. The van der Waals surface area contributed by atoms with Crippen molar-refractivity contribution in [3.63, 3.8) is 0 Å². The Morgan fingerprint density at radius 2 is 2.00 bits per heavy atom. The third kappa shape index (κ3) is 2.11. The van der Waals surface area contributed by atoms with Gasteiger partial charge in [0, 0.05) is 13.0 Å². The molecule has 0 saturated carbocycles. The van der Waals surface area contributed by atoms with Crippen LogP contribution >= 0.6 is 0 Å². The highest BCUT2D eigenvalue weighted by Gasteiger charge is 2.10. The molecule has 0 aliphatic rings. The molecule has 0 spiro atoms. The number of rotatable bonds is 2. The Labute approximate surface area is 91.5 Å². The lowest BCUT2D eigenvalue weighted by Crippen LogP contribution is -1.99. The van der Waals surface area contributed by atoms with Gasteiger partial charge in [-0.25, -0.2) is 4.39 Å². The summed E-state index contributed by atoms with van der Waals surface area (Å²) in [6, 6.07) is 9.25. The van der Waals surface area contributed by atoms with Crippen LogP contribution in [-0.2, 0) is 4.79 Å². The maximum Gasteiger partial charge on any atom is 0.310 e. The zero-order valence-electron chi connectivity index (χ0n) is 8.57. The van der Waals surface area contributed by atoms with Gasteiger partial charge in [-0.2, -0.15) is 0 Å². The number of hydrogen-bond donors (Lipinski definition) is 0. The van der Waals surface area contributed by atoms with Crippen LogP contribution < -0.4 is 4.74 Å². The van der Waals surface area contributed by atoms with Gasteiger partial charge in [-0.3, -0.25) is 4.79 Å². The van der Waals surface area contributed by atoms with E-state index in [1.165, 1.54) is 19.1 Å². The van der Waals surface area contributed by atoms with Gasteiger partial charge in [0.25, 0.3) is 5.95 Å². The Balaban J connectivity index is 2.32. The third-order valence-corrected chi connectivity index (χ3v) is 1.96. The molecule has 82 valence electrons. The molecule has 0 aliphatic carbocycles. The van der Waals surface area contributed by atoms with Crippen LogP contribution in [0.15, 0.2) is 40.8 Å². The van der Waals surface area contributed by atoms with Gasteiger partial charge in [-0.05, 0) is 18.2 Å². The number of carbonyl (C=O) groups is 1. The largest absolute Gasteiger partial charge is 0.425 e. The van der Waals surface area contributed by atoms with E-state index in [4.69, 9.17) is 9.15 Å². The second-order valence-electron chi connectivity index (χ2n) is 3.19. The normalized spacial score (nSPS) is 10.1. The Morgan fingerprint density at radius 1 is 1.25 bits per heavy atom. The van der Waals surface area contributed by atoms with Gasteiger partial charge in [0.15, 0.2) is 0 Å². The number of furan rings is 1. The molecule has 3 nitrogen and oxygen atoms in total. The fraction of sp³-hybridized carbons (Fsp3) is 0.0833. The zero-order valence-corrected chi connectivity index (χ0v) is 8.57. The Morgan fingerprint density at radius 3 is 2.69 bits per heavy atom. The molecular weight excluding hydrogens is 211 g/mol. The minimum absolute atomic E-state index is 0.0609. The van der Waals surface area contributed by atoms with E-state index >= 15 is 0 Å². The van der Waals surface area contributed by atoms with Crippen LogP contribution in [0.4, 0.5) is 4.39 Å². The van der Waals surface area contributed by atoms with Gasteiger partial charge >= 0.3 is 5.97 Å². The van der Waals surface area contributed by atoms with E-state index in [2.05, 4.69) is 0 Å². The molecule has 0 atom stereocenters. The van der Waals surface area contributed by atoms with E-state index in [1.807, 2.05) is 0 Å². The summed E-state index contributed by atoms with van der Waals surface area (Å²) in [6.07, 6.45) is 0. The summed E-state index contributed by atoms with van der Waals surface area (Å²) < 4.78 is 23.3. The Kier molecular flexibility index (Phi) is 2.72. The summed E-state index contributed by atoms with van der Waals surface area (Å²) in [5.74, 6) is -0.472. The summed E-state index contributed by atoms with van der Waals surface area (Å²) in [5.41, 5.74) is 0.334. The number of carbonyl (C=O) groups excluding carboxylic acids is 1. The van der Waals surface area contributed by atoms with Crippen molar-refractivity contribution in [2.45, 2.75) is 6.92 Å². The fourth-order valence-corrected chi connectivity index (χ4v) is 1.32. The van der Waals surface area contributed by atoms with E-state index in [1.54, 1.807) is 24.3 Å². The smallest absolute Gasteiger partial charge is 0.310 e. The molecule has 1 heterocycles. The van der Waals surface area contributed by atoms with Crippen LogP contribution in [0, 0.1) is 5.82 Å². The number of esters is 1. The maximum absolute atomic E-state index is 13.4. The van der Waals surface area contributed by atoms with Crippen molar-refractivity contribution in [2.24, 2.45) is 0 Å². The van der Waals surface area contributed by atoms with Crippen molar-refractivity contribution in [1.82, 2.24) is 0 Å². The van der Waals surface area contributed by atoms with Crippen molar-refractivity contribution in [2.75, 3.05) is 0 Å². The van der Waals surface area contributed by atoms with Crippen molar-refractivity contribution >= 4 is 5.97 Å². The summed E-state index contributed by atoms with van der Waals surface area (Å²) in [7, 11) is 0. The summed E-state index contributed by atoms with van der Waals surface area (Å²) >= 11 is 0. The van der Waals surface area contributed by atoms with Crippen molar-refractivity contribution in [3.05, 3.63) is 42.2 Å². The molecule has 0 radical (unpaired) electrons. The highest BCUT2D eigenvalue weighted by Crippen LogP contribution is 2.27. The van der Waals surface area contributed by atoms with E-state index in [-0.39, 0.29) is 11.8 Å². The molecule has 0 bridgehead atoms. The maximum atomic E-state index is 13.4. The molecule has 0 N–H and O–H groups in total. The molecule has 0 fully saturated rings. The lowest BCUT2D eigenvalue weighted by molar-refractivity contribution is -0.133. The van der Waals surface area contributed by atoms with Gasteiger partial charge in [-0.15, -0.1) is 0 Å². The monoisotopic (exact) mass is 220 g/mol. The van der Waals surface area contributed by atoms with Crippen molar-refractivity contribution in [3.8, 4) is 17.3 Å². The van der Waals surface area contributed by atoms with Crippen molar-refractivity contribution < 1.29 is 18.3 Å². The molecule has 0 unspecified atom stereocenters. The Hall–Kier alpha value is -2.10. The van der Waals surface area contributed by atoms with Crippen LogP contribution in [0.2, 0.25) is 0 Å². The van der Waals surface area contributed by atoms with Crippen LogP contribution in [0.25, 0.3) is 11.3 Å². The molecule has 2 rings (SSSR count). The minimum Gasteiger partial charge on any atom is -0.425 e. The summed E-state index contributed by atoms with van der Waals surface area (Å²) in [4.78, 5) is 10.7. The molecule has 2 aromatic rings. The molecule has 1 aromatic carbocycles. The SMILES string of the molecule is CC(=O)Oc1ccc(-c2ccccc2F)o1. The highest BCUT2D eigenvalue weighted by atomic mass is 19.1. The first-order valence-corrected chi connectivity index (χ1v) is 4.70. The van der Waals surface area contributed by atoms with E-state index in [0.717, 1.165) is 0 Å². The average molecular weight is 220 g/mol. The number of ether oxygens (including phenoxy) is 1. The molecular formula is C12H9FO3. The van der Waals surface area contributed by atoms with Gasteiger partial charge in [0.2, 0.25) is 0 Å². The number of benzene rings is 1. The fourth-order valence-electron chi connectivity index (χ4n) is 1.32. The molecule has 16 heavy (non-hydrogen) atoms. The van der Waals surface area contributed by atoms with Crippen LogP contribution in [0.3, 0.4) is 0 Å². The molecule has 1 aromatic heterocycles. The number of halogens is 1. The first kappa shape index (κ1) is 10.4. The lowest BCUT2D eigenvalue weighted by Gasteiger charge is -1.98. The van der Waals surface area contributed by atoms with E-state index in [9.17, 15) is 9.18 Å².